The molecule has 1 aliphatic carbocycles. The van der Waals surface area contributed by atoms with Gasteiger partial charge in [-0.1, -0.05) is 6.07 Å². The van der Waals surface area contributed by atoms with Gasteiger partial charge in [-0.25, -0.2) is 4.39 Å². The highest BCUT2D eigenvalue weighted by Gasteiger charge is 2.36. The van der Waals surface area contributed by atoms with Gasteiger partial charge >= 0.3 is 0 Å². The first-order chi connectivity index (χ1) is 13.0. The summed E-state index contributed by atoms with van der Waals surface area (Å²) in [6.45, 7) is 0.674. The first-order valence-electron chi connectivity index (χ1n) is 9.13. The maximum absolute atomic E-state index is 13.6. The molecule has 1 saturated carbocycles. The lowest BCUT2D eigenvalue weighted by molar-refractivity contribution is 0.0235. The van der Waals surface area contributed by atoms with Gasteiger partial charge in [0.25, 0.3) is 5.91 Å². The molecule has 1 atom stereocenters. The van der Waals surface area contributed by atoms with Gasteiger partial charge in [0, 0.05) is 12.0 Å². The molecule has 5 nitrogen and oxygen atoms in total. The van der Waals surface area contributed by atoms with Crippen LogP contribution < -0.4 is 14.8 Å². The third-order valence-electron chi connectivity index (χ3n) is 5.39. The highest BCUT2D eigenvalue weighted by Crippen LogP contribution is 2.40. The number of hydrogen-bond donors (Lipinski definition) is 2. The minimum absolute atomic E-state index is 0.0351. The Labute approximate surface area is 157 Å². The number of nitrogens with one attached hydrogen (secondary N) is 1. The second-order valence-electron chi connectivity index (χ2n) is 7.15. The van der Waals surface area contributed by atoms with E-state index in [1.165, 1.54) is 25.3 Å². The van der Waals surface area contributed by atoms with E-state index in [1.54, 1.807) is 0 Å². The zero-order valence-corrected chi connectivity index (χ0v) is 15.1. The molecule has 2 aromatic carbocycles. The summed E-state index contributed by atoms with van der Waals surface area (Å²) in [7, 11) is 1.37. The van der Waals surface area contributed by atoms with Crippen molar-refractivity contribution in [3.63, 3.8) is 0 Å². The molecule has 27 heavy (non-hydrogen) atoms. The van der Waals surface area contributed by atoms with E-state index in [0.717, 1.165) is 23.3 Å². The van der Waals surface area contributed by atoms with Gasteiger partial charge in [-0.3, -0.25) is 4.79 Å². The Hall–Kier alpha value is -2.60. The SMILES string of the molecule is COc1cc(C(=O)N[C@@H](c2ccc3c(c2)CCO3)C2CC(O)C2)ccc1F. The monoisotopic (exact) mass is 371 g/mol. The van der Waals surface area contributed by atoms with Gasteiger partial charge < -0.3 is 19.9 Å². The first-order valence-corrected chi connectivity index (χ1v) is 9.13. The fourth-order valence-corrected chi connectivity index (χ4v) is 3.80. The minimum atomic E-state index is -0.508. The normalized spacial score (nSPS) is 21.6. The van der Waals surface area contributed by atoms with Crippen LogP contribution in [-0.4, -0.2) is 30.8 Å². The number of rotatable bonds is 5. The lowest BCUT2D eigenvalue weighted by atomic mass is 9.74. The van der Waals surface area contributed by atoms with Crippen LogP contribution in [0.4, 0.5) is 4.39 Å². The van der Waals surface area contributed by atoms with Crippen molar-refractivity contribution in [1.82, 2.24) is 5.32 Å². The molecular weight excluding hydrogens is 349 g/mol. The number of ether oxygens (including phenoxy) is 2. The summed E-state index contributed by atoms with van der Waals surface area (Å²) >= 11 is 0. The van der Waals surface area contributed by atoms with Crippen molar-refractivity contribution in [2.75, 3.05) is 13.7 Å². The number of carbonyl (C=O) groups is 1. The molecule has 2 N–H and O–H groups in total. The Kier molecular flexibility index (Phi) is 4.74. The minimum Gasteiger partial charge on any atom is -0.494 e. The molecule has 0 radical (unpaired) electrons. The van der Waals surface area contributed by atoms with Crippen LogP contribution in [0.15, 0.2) is 36.4 Å². The number of fused-ring (bicyclic) bond motifs is 1. The molecule has 6 heteroatoms. The van der Waals surface area contributed by atoms with E-state index in [4.69, 9.17) is 9.47 Å². The fourth-order valence-electron chi connectivity index (χ4n) is 3.80. The maximum atomic E-state index is 13.6. The van der Waals surface area contributed by atoms with Crippen LogP contribution in [0, 0.1) is 11.7 Å². The van der Waals surface area contributed by atoms with Gasteiger partial charge in [-0.15, -0.1) is 0 Å². The van der Waals surface area contributed by atoms with Crippen LogP contribution in [0.5, 0.6) is 11.5 Å². The summed E-state index contributed by atoms with van der Waals surface area (Å²) in [4.78, 5) is 12.8. The van der Waals surface area contributed by atoms with E-state index in [9.17, 15) is 14.3 Å². The number of benzene rings is 2. The smallest absolute Gasteiger partial charge is 0.251 e. The van der Waals surface area contributed by atoms with E-state index in [0.29, 0.717) is 25.0 Å². The Balaban J connectivity index is 1.59. The number of aliphatic hydroxyl groups is 1. The van der Waals surface area contributed by atoms with Crippen LogP contribution in [0.1, 0.15) is 40.4 Å². The predicted molar refractivity (Wildman–Crippen MR) is 97.5 cm³/mol. The van der Waals surface area contributed by atoms with Crippen molar-refractivity contribution in [2.24, 2.45) is 5.92 Å². The van der Waals surface area contributed by atoms with Gasteiger partial charge in [-0.2, -0.15) is 0 Å². The molecule has 142 valence electrons. The van der Waals surface area contributed by atoms with Crippen molar-refractivity contribution >= 4 is 5.91 Å². The second-order valence-corrected chi connectivity index (χ2v) is 7.15. The lowest BCUT2D eigenvalue weighted by Gasteiger charge is -2.38. The standard InChI is InChI=1S/C21H22FNO4/c1-26-19-11-14(2-4-17(19)22)21(25)23-20(15-9-16(24)10-15)13-3-5-18-12(8-13)6-7-27-18/h2-5,8,11,15-16,20,24H,6-7,9-10H2,1H3,(H,23,25)/t15?,16?,20-/m0/s1. The fraction of sp³-hybridized carbons (Fsp3) is 0.381. The molecule has 2 aliphatic rings. The quantitative estimate of drug-likeness (QED) is 0.848. The zero-order valence-electron chi connectivity index (χ0n) is 15.1. The first kappa shape index (κ1) is 17.8. The molecule has 1 heterocycles. The van der Waals surface area contributed by atoms with Gasteiger partial charge in [-0.05, 0) is 60.2 Å². The molecule has 0 spiro atoms. The third-order valence-corrected chi connectivity index (χ3v) is 5.39. The van der Waals surface area contributed by atoms with Gasteiger partial charge in [0.1, 0.15) is 5.75 Å². The summed E-state index contributed by atoms with van der Waals surface area (Å²) in [5, 5.41) is 12.8. The van der Waals surface area contributed by atoms with Crippen molar-refractivity contribution in [2.45, 2.75) is 31.4 Å². The molecule has 2 aromatic rings. The number of amides is 1. The summed E-state index contributed by atoms with van der Waals surface area (Å²) in [5.41, 5.74) is 2.47. The zero-order chi connectivity index (χ0) is 19.0. The topological polar surface area (TPSA) is 67.8 Å². The number of aliphatic hydroxyl groups excluding tert-OH is 1. The summed E-state index contributed by atoms with van der Waals surface area (Å²) in [6.07, 6.45) is 1.82. The summed E-state index contributed by atoms with van der Waals surface area (Å²) in [5.74, 6) is 0.281. The number of carbonyl (C=O) groups excluding carboxylic acids is 1. The van der Waals surface area contributed by atoms with E-state index in [-0.39, 0.29) is 29.7 Å². The Morgan fingerprint density at radius 1 is 1.30 bits per heavy atom. The van der Waals surface area contributed by atoms with E-state index >= 15 is 0 Å². The average Bonchev–Trinajstić information content (AvgIpc) is 3.11. The van der Waals surface area contributed by atoms with Crippen LogP contribution in [0.25, 0.3) is 0 Å². The summed E-state index contributed by atoms with van der Waals surface area (Å²) in [6, 6.07) is 9.82. The summed E-state index contributed by atoms with van der Waals surface area (Å²) < 4.78 is 24.2. The molecule has 1 aliphatic heterocycles. The van der Waals surface area contributed by atoms with Crippen molar-refractivity contribution in [3.8, 4) is 11.5 Å². The molecule has 0 aromatic heterocycles. The van der Waals surface area contributed by atoms with E-state index in [1.807, 2.05) is 12.1 Å². The largest absolute Gasteiger partial charge is 0.494 e. The molecule has 0 unspecified atom stereocenters. The molecular formula is C21H22FNO4. The number of methoxy groups -OCH3 is 1. The molecule has 1 fully saturated rings. The third kappa shape index (κ3) is 3.49. The molecule has 0 saturated heterocycles. The van der Waals surface area contributed by atoms with Gasteiger partial charge in [0.05, 0.1) is 25.9 Å². The van der Waals surface area contributed by atoms with E-state index in [2.05, 4.69) is 11.4 Å². The number of halogens is 1. The lowest BCUT2D eigenvalue weighted by Crippen LogP contribution is -2.41. The second kappa shape index (κ2) is 7.19. The molecule has 4 rings (SSSR count). The molecule has 0 bridgehead atoms. The van der Waals surface area contributed by atoms with Crippen LogP contribution in [0.3, 0.4) is 0 Å². The highest BCUT2D eigenvalue weighted by atomic mass is 19.1. The number of hydrogen-bond acceptors (Lipinski definition) is 4. The Morgan fingerprint density at radius 2 is 2.11 bits per heavy atom. The van der Waals surface area contributed by atoms with Crippen LogP contribution in [0.2, 0.25) is 0 Å². The predicted octanol–water partition coefficient (Wildman–Crippen LogP) is 3.01. The van der Waals surface area contributed by atoms with Crippen molar-refractivity contribution < 1.29 is 23.8 Å². The van der Waals surface area contributed by atoms with Crippen molar-refractivity contribution in [3.05, 3.63) is 58.9 Å². The maximum Gasteiger partial charge on any atom is 0.251 e. The van der Waals surface area contributed by atoms with E-state index < -0.39 is 5.82 Å². The molecule has 1 amide bonds. The van der Waals surface area contributed by atoms with Crippen LogP contribution >= 0.6 is 0 Å². The average molecular weight is 371 g/mol. The van der Waals surface area contributed by atoms with Gasteiger partial charge in [0.15, 0.2) is 11.6 Å². The van der Waals surface area contributed by atoms with Crippen molar-refractivity contribution in [1.29, 1.82) is 0 Å². The Morgan fingerprint density at radius 3 is 2.85 bits per heavy atom. The Bertz CT molecular complexity index is 863. The highest BCUT2D eigenvalue weighted by molar-refractivity contribution is 5.94. The van der Waals surface area contributed by atoms with Gasteiger partial charge in [0.2, 0.25) is 0 Å². The van der Waals surface area contributed by atoms with Crippen LogP contribution in [-0.2, 0) is 6.42 Å².